The van der Waals surface area contributed by atoms with E-state index in [2.05, 4.69) is 0 Å². The summed E-state index contributed by atoms with van der Waals surface area (Å²) in [6.45, 7) is 1.89. The van der Waals surface area contributed by atoms with E-state index in [4.69, 9.17) is 0 Å². The van der Waals surface area contributed by atoms with Gasteiger partial charge >= 0.3 is 0 Å². The molecule has 1 aromatic heterocycles. The number of hydrogen-bond acceptors (Lipinski definition) is 3. The number of thiophene rings is 1. The van der Waals surface area contributed by atoms with Gasteiger partial charge in [0.25, 0.3) is 0 Å². The lowest BCUT2D eigenvalue weighted by Crippen LogP contribution is -1.94. The molecule has 0 aliphatic carbocycles. The molecule has 0 aliphatic rings. The second kappa shape index (κ2) is 2.79. The first kappa shape index (κ1) is 7.21. The molecule has 1 rings (SSSR count). The molecule has 10 heavy (non-hydrogen) atoms. The minimum atomic E-state index is -0.314. The standard InChI is InChI=1S/C6H7NO2S/c1-5-2-6(10-4-5)3-7(8)9/h2,4H,3H2,1H3. The molecule has 0 N–H and O–H groups in total. The Bertz CT molecular complexity index is 244. The predicted molar refractivity (Wildman–Crippen MR) is 39.8 cm³/mol. The van der Waals surface area contributed by atoms with Gasteiger partial charge in [-0.3, -0.25) is 10.1 Å². The Morgan fingerprint density at radius 3 is 2.90 bits per heavy atom. The molecule has 0 radical (unpaired) electrons. The van der Waals surface area contributed by atoms with Crippen LogP contribution in [-0.4, -0.2) is 4.92 Å². The fourth-order valence-corrected chi connectivity index (χ4v) is 1.54. The van der Waals surface area contributed by atoms with Crippen molar-refractivity contribution in [3.8, 4) is 0 Å². The van der Waals surface area contributed by atoms with Crippen LogP contribution in [0.2, 0.25) is 0 Å². The van der Waals surface area contributed by atoms with Gasteiger partial charge in [-0.25, -0.2) is 0 Å². The van der Waals surface area contributed by atoms with Crippen molar-refractivity contribution >= 4 is 11.3 Å². The van der Waals surface area contributed by atoms with Crippen LogP contribution in [0.25, 0.3) is 0 Å². The predicted octanol–water partition coefficient (Wildman–Crippen LogP) is 1.83. The molecule has 0 atom stereocenters. The summed E-state index contributed by atoms with van der Waals surface area (Å²) in [6, 6.07) is 1.84. The van der Waals surface area contributed by atoms with Crippen LogP contribution in [0, 0.1) is 17.0 Å². The molecule has 0 unspecified atom stereocenters. The highest BCUT2D eigenvalue weighted by atomic mass is 32.1. The third-order valence-electron chi connectivity index (χ3n) is 1.07. The van der Waals surface area contributed by atoms with Gasteiger partial charge in [0.1, 0.15) is 0 Å². The van der Waals surface area contributed by atoms with Gasteiger partial charge in [-0.2, -0.15) is 0 Å². The van der Waals surface area contributed by atoms with Crippen molar-refractivity contribution in [1.82, 2.24) is 0 Å². The molecule has 1 aromatic rings. The average Bonchev–Trinajstić information content (AvgIpc) is 2.13. The molecule has 1 heterocycles. The van der Waals surface area contributed by atoms with Gasteiger partial charge in [0.05, 0.1) is 4.88 Å². The van der Waals surface area contributed by atoms with Crippen LogP contribution in [0.15, 0.2) is 11.4 Å². The monoisotopic (exact) mass is 157 g/mol. The van der Waals surface area contributed by atoms with Crippen LogP contribution in [-0.2, 0) is 6.54 Å². The fourth-order valence-electron chi connectivity index (χ4n) is 0.701. The number of hydrogen-bond donors (Lipinski definition) is 0. The van der Waals surface area contributed by atoms with E-state index in [0.29, 0.717) is 0 Å². The molecule has 0 aliphatic heterocycles. The highest BCUT2D eigenvalue weighted by Crippen LogP contribution is 2.13. The van der Waals surface area contributed by atoms with E-state index >= 15 is 0 Å². The van der Waals surface area contributed by atoms with Crippen LogP contribution in [0.5, 0.6) is 0 Å². The van der Waals surface area contributed by atoms with Crippen molar-refractivity contribution in [3.05, 3.63) is 32.0 Å². The number of rotatable bonds is 2. The van der Waals surface area contributed by atoms with Gasteiger partial charge in [0.15, 0.2) is 0 Å². The van der Waals surface area contributed by atoms with Crippen molar-refractivity contribution < 1.29 is 4.92 Å². The molecule has 0 saturated carbocycles. The number of aryl methyl sites for hydroxylation is 1. The largest absolute Gasteiger partial charge is 0.264 e. The highest BCUT2D eigenvalue weighted by molar-refractivity contribution is 7.10. The highest BCUT2D eigenvalue weighted by Gasteiger charge is 2.02. The first-order valence-electron chi connectivity index (χ1n) is 2.84. The third-order valence-corrected chi connectivity index (χ3v) is 2.11. The number of nitro groups is 1. The van der Waals surface area contributed by atoms with Crippen LogP contribution in [0.1, 0.15) is 10.4 Å². The lowest BCUT2D eigenvalue weighted by atomic mass is 10.3. The van der Waals surface area contributed by atoms with E-state index in [0.717, 1.165) is 10.4 Å². The van der Waals surface area contributed by atoms with Gasteiger partial charge in [-0.15, -0.1) is 11.3 Å². The van der Waals surface area contributed by atoms with E-state index in [1.807, 2.05) is 18.4 Å². The van der Waals surface area contributed by atoms with E-state index in [1.54, 1.807) is 0 Å². The van der Waals surface area contributed by atoms with Crippen molar-refractivity contribution in [1.29, 1.82) is 0 Å². The normalized spacial score (nSPS) is 9.70. The molecule has 3 nitrogen and oxygen atoms in total. The summed E-state index contributed by atoms with van der Waals surface area (Å²) in [5, 5.41) is 11.9. The SMILES string of the molecule is Cc1csc(C[N+](=O)[O-])c1. The summed E-state index contributed by atoms with van der Waals surface area (Å²) in [4.78, 5) is 10.5. The Morgan fingerprint density at radius 2 is 2.50 bits per heavy atom. The molecule has 0 amide bonds. The Kier molecular flexibility index (Phi) is 2.01. The number of nitrogens with zero attached hydrogens (tertiary/aromatic N) is 1. The summed E-state index contributed by atoms with van der Waals surface area (Å²) < 4.78 is 0. The quantitative estimate of drug-likeness (QED) is 0.485. The average molecular weight is 157 g/mol. The molecule has 0 fully saturated rings. The molecule has 54 valence electrons. The summed E-state index contributed by atoms with van der Waals surface area (Å²) in [7, 11) is 0. The minimum absolute atomic E-state index is 0.0431. The van der Waals surface area contributed by atoms with E-state index < -0.39 is 0 Å². The van der Waals surface area contributed by atoms with Gasteiger partial charge < -0.3 is 0 Å². The third kappa shape index (κ3) is 1.80. The maximum Gasteiger partial charge on any atom is 0.237 e. The lowest BCUT2D eigenvalue weighted by molar-refractivity contribution is -0.496. The zero-order valence-electron chi connectivity index (χ0n) is 5.53. The first-order valence-corrected chi connectivity index (χ1v) is 3.72. The topological polar surface area (TPSA) is 43.1 Å². The molecule has 4 heteroatoms. The Balaban J connectivity index is 2.67. The molecular formula is C6H7NO2S. The Morgan fingerprint density at radius 1 is 1.80 bits per heavy atom. The van der Waals surface area contributed by atoms with Crippen molar-refractivity contribution in [3.63, 3.8) is 0 Å². The molecular weight excluding hydrogens is 150 g/mol. The van der Waals surface area contributed by atoms with E-state index in [-0.39, 0.29) is 11.5 Å². The Hall–Kier alpha value is -0.900. The maximum atomic E-state index is 9.99. The summed E-state index contributed by atoms with van der Waals surface area (Å²) in [5.41, 5.74) is 1.10. The summed E-state index contributed by atoms with van der Waals surface area (Å²) >= 11 is 1.44. The Labute approximate surface area is 62.5 Å². The van der Waals surface area contributed by atoms with Crippen LogP contribution >= 0.6 is 11.3 Å². The van der Waals surface area contributed by atoms with E-state index in [9.17, 15) is 10.1 Å². The van der Waals surface area contributed by atoms with Crippen LogP contribution in [0.4, 0.5) is 0 Å². The van der Waals surface area contributed by atoms with Crippen LogP contribution < -0.4 is 0 Å². The smallest absolute Gasteiger partial charge is 0.237 e. The van der Waals surface area contributed by atoms with Gasteiger partial charge in [0, 0.05) is 4.92 Å². The maximum absolute atomic E-state index is 9.99. The van der Waals surface area contributed by atoms with Crippen LogP contribution in [0.3, 0.4) is 0 Å². The van der Waals surface area contributed by atoms with Gasteiger partial charge in [-0.05, 0) is 23.9 Å². The van der Waals surface area contributed by atoms with Crippen molar-refractivity contribution in [2.75, 3.05) is 0 Å². The molecule has 0 saturated heterocycles. The van der Waals surface area contributed by atoms with Gasteiger partial charge in [0.2, 0.25) is 6.54 Å². The lowest BCUT2D eigenvalue weighted by Gasteiger charge is -1.84. The van der Waals surface area contributed by atoms with Gasteiger partial charge in [-0.1, -0.05) is 0 Å². The van der Waals surface area contributed by atoms with E-state index in [1.165, 1.54) is 11.3 Å². The second-order valence-electron chi connectivity index (χ2n) is 2.08. The second-order valence-corrected chi connectivity index (χ2v) is 3.08. The zero-order chi connectivity index (χ0) is 7.56. The van der Waals surface area contributed by atoms with Crippen molar-refractivity contribution in [2.24, 2.45) is 0 Å². The minimum Gasteiger partial charge on any atom is -0.264 e. The molecule has 0 bridgehead atoms. The summed E-state index contributed by atoms with van der Waals surface area (Å²) in [5.74, 6) is 0. The molecule has 0 aromatic carbocycles. The first-order chi connectivity index (χ1) is 4.68. The zero-order valence-corrected chi connectivity index (χ0v) is 6.35. The van der Waals surface area contributed by atoms with Crippen molar-refractivity contribution in [2.45, 2.75) is 13.5 Å². The molecule has 0 spiro atoms. The fraction of sp³-hybridized carbons (Fsp3) is 0.333. The summed E-state index contributed by atoms with van der Waals surface area (Å²) in [6.07, 6.45) is 0.